The first-order valence-electron chi connectivity index (χ1n) is 7.07. The van der Waals surface area contributed by atoms with Crippen molar-refractivity contribution in [3.8, 4) is 0 Å². The van der Waals surface area contributed by atoms with E-state index in [1.165, 1.54) is 0 Å². The lowest BCUT2D eigenvalue weighted by Crippen LogP contribution is -2.26. The van der Waals surface area contributed by atoms with Crippen molar-refractivity contribution in [2.75, 3.05) is 5.73 Å². The van der Waals surface area contributed by atoms with Crippen LogP contribution in [0.4, 0.5) is 5.69 Å². The molecule has 0 saturated heterocycles. The summed E-state index contributed by atoms with van der Waals surface area (Å²) in [5.41, 5.74) is 8.68. The number of aromatic amines is 1. The minimum Gasteiger partial charge on any atom is -0.398 e. The molecule has 3 rings (SSSR count). The number of hydrogen-bond acceptors (Lipinski definition) is 4. The molecule has 0 aliphatic rings. The molecule has 0 bridgehead atoms. The summed E-state index contributed by atoms with van der Waals surface area (Å²) in [6.45, 7) is 3.66. The summed E-state index contributed by atoms with van der Waals surface area (Å²) in [4.78, 5) is 14.7. The van der Waals surface area contributed by atoms with Crippen molar-refractivity contribution in [2.45, 2.75) is 19.6 Å². The lowest BCUT2D eigenvalue weighted by Gasteiger charge is -2.07. The van der Waals surface area contributed by atoms with Gasteiger partial charge in [-0.15, -0.1) is 0 Å². The number of aromatic nitrogens is 2. The van der Waals surface area contributed by atoms with Crippen molar-refractivity contribution < 1.29 is 8.42 Å². The van der Waals surface area contributed by atoms with Gasteiger partial charge in [-0.3, -0.25) is 0 Å². The van der Waals surface area contributed by atoms with Crippen LogP contribution in [0.25, 0.3) is 11.0 Å². The average Bonchev–Trinajstić information content (AvgIpc) is 2.74. The number of nitrogen functional groups attached to an aromatic ring is 1. The van der Waals surface area contributed by atoms with Gasteiger partial charge in [-0.1, -0.05) is 29.8 Å². The van der Waals surface area contributed by atoms with Gasteiger partial charge < -0.3 is 10.7 Å². The third-order valence-electron chi connectivity index (χ3n) is 3.74. The van der Waals surface area contributed by atoms with Crippen LogP contribution in [0, 0.1) is 13.8 Å². The summed E-state index contributed by atoms with van der Waals surface area (Å²) in [7, 11) is -3.84. The van der Waals surface area contributed by atoms with Crippen LogP contribution in [0.1, 0.15) is 16.7 Å². The summed E-state index contributed by atoms with van der Waals surface area (Å²) in [5, 5.41) is 0. The Morgan fingerprint density at radius 2 is 1.91 bits per heavy atom. The van der Waals surface area contributed by atoms with Crippen molar-refractivity contribution in [3.63, 3.8) is 0 Å². The molecule has 1 heterocycles. The predicted octanol–water partition coefficient (Wildman–Crippen LogP) is 1.91. The van der Waals surface area contributed by atoms with E-state index in [0.717, 1.165) is 15.1 Å². The van der Waals surface area contributed by atoms with E-state index < -0.39 is 15.7 Å². The molecule has 120 valence electrons. The van der Waals surface area contributed by atoms with Crippen LogP contribution in [0.5, 0.6) is 0 Å². The standard InChI is InChI=1S/C16H17N3O3S/c1-10-4-3-5-12(6-10)9-23(21,22)19-15-7-11(2)13(17)8-14(15)18-16(19)20/h3-8H,9,17H2,1-2H3,(H,18,20). The van der Waals surface area contributed by atoms with Crippen LogP contribution < -0.4 is 11.4 Å². The van der Waals surface area contributed by atoms with Crippen molar-refractivity contribution in [3.05, 3.63) is 63.6 Å². The molecule has 0 spiro atoms. The van der Waals surface area contributed by atoms with Gasteiger partial charge in [0.15, 0.2) is 0 Å². The number of nitrogens with one attached hydrogen (secondary N) is 1. The highest BCUT2D eigenvalue weighted by molar-refractivity contribution is 7.89. The molecular formula is C16H17N3O3S. The topological polar surface area (TPSA) is 98.0 Å². The van der Waals surface area contributed by atoms with Gasteiger partial charge >= 0.3 is 5.69 Å². The second-order valence-electron chi connectivity index (χ2n) is 5.67. The van der Waals surface area contributed by atoms with Crippen LogP contribution in [0.15, 0.2) is 41.2 Å². The normalized spacial score (nSPS) is 11.9. The summed E-state index contributed by atoms with van der Waals surface area (Å²) in [6.07, 6.45) is 0. The molecule has 3 aromatic rings. The summed E-state index contributed by atoms with van der Waals surface area (Å²) in [5.74, 6) is -0.245. The summed E-state index contributed by atoms with van der Waals surface area (Å²) >= 11 is 0. The van der Waals surface area contributed by atoms with Crippen molar-refractivity contribution >= 4 is 26.7 Å². The van der Waals surface area contributed by atoms with Gasteiger partial charge in [0.25, 0.3) is 0 Å². The molecule has 0 aliphatic heterocycles. The fraction of sp³-hybridized carbons (Fsp3) is 0.188. The molecule has 0 radical (unpaired) electrons. The molecule has 0 unspecified atom stereocenters. The highest BCUT2D eigenvalue weighted by Crippen LogP contribution is 2.21. The smallest absolute Gasteiger partial charge is 0.340 e. The Balaban J connectivity index is 2.17. The zero-order valence-electron chi connectivity index (χ0n) is 12.8. The molecule has 2 aromatic carbocycles. The number of hydrogen-bond donors (Lipinski definition) is 2. The Kier molecular flexibility index (Phi) is 3.52. The summed E-state index contributed by atoms with van der Waals surface area (Å²) < 4.78 is 26.3. The Labute approximate surface area is 133 Å². The first-order valence-corrected chi connectivity index (χ1v) is 8.68. The van der Waals surface area contributed by atoms with Gasteiger partial charge in [0, 0.05) is 5.69 Å². The van der Waals surface area contributed by atoms with E-state index in [-0.39, 0.29) is 5.75 Å². The summed E-state index contributed by atoms with van der Waals surface area (Å²) in [6, 6.07) is 10.4. The third-order valence-corrected chi connectivity index (χ3v) is 5.36. The van der Waals surface area contributed by atoms with Gasteiger partial charge in [0.1, 0.15) is 0 Å². The first kappa shape index (κ1) is 15.4. The van der Waals surface area contributed by atoms with Gasteiger partial charge in [0.2, 0.25) is 10.0 Å². The zero-order chi connectivity index (χ0) is 16.8. The lowest BCUT2D eigenvalue weighted by atomic mass is 10.2. The number of rotatable bonds is 3. The van der Waals surface area contributed by atoms with Crippen molar-refractivity contribution in [1.29, 1.82) is 0 Å². The van der Waals surface area contributed by atoms with Crippen LogP contribution in [-0.4, -0.2) is 17.4 Å². The van der Waals surface area contributed by atoms with E-state index in [1.807, 2.05) is 13.0 Å². The van der Waals surface area contributed by atoms with E-state index in [2.05, 4.69) is 4.98 Å². The maximum atomic E-state index is 12.7. The number of imidazole rings is 1. The van der Waals surface area contributed by atoms with E-state index in [4.69, 9.17) is 5.73 Å². The Bertz CT molecular complexity index is 1060. The van der Waals surface area contributed by atoms with E-state index in [0.29, 0.717) is 22.3 Å². The largest absolute Gasteiger partial charge is 0.398 e. The Hall–Kier alpha value is -2.54. The highest BCUT2D eigenvalue weighted by Gasteiger charge is 2.21. The van der Waals surface area contributed by atoms with E-state index in [9.17, 15) is 13.2 Å². The molecule has 0 amide bonds. The molecule has 0 atom stereocenters. The van der Waals surface area contributed by atoms with Crippen LogP contribution in [-0.2, 0) is 15.8 Å². The van der Waals surface area contributed by atoms with Crippen LogP contribution in [0.3, 0.4) is 0 Å². The monoisotopic (exact) mass is 331 g/mol. The Morgan fingerprint density at radius 1 is 1.17 bits per heavy atom. The average molecular weight is 331 g/mol. The quantitative estimate of drug-likeness (QED) is 0.716. The minimum atomic E-state index is -3.84. The van der Waals surface area contributed by atoms with Crippen molar-refractivity contribution in [2.24, 2.45) is 0 Å². The van der Waals surface area contributed by atoms with Crippen LogP contribution in [0.2, 0.25) is 0 Å². The van der Waals surface area contributed by atoms with Crippen LogP contribution >= 0.6 is 0 Å². The number of nitrogens with two attached hydrogens (primary N) is 1. The zero-order valence-corrected chi connectivity index (χ0v) is 13.6. The van der Waals surface area contributed by atoms with Gasteiger partial charge in [0.05, 0.1) is 16.8 Å². The highest BCUT2D eigenvalue weighted by atomic mass is 32.2. The third kappa shape index (κ3) is 2.75. The van der Waals surface area contributed by atoms with Gasteiger partial charge in [-0.2, -0.15) is 3.97 Å². The fourth-order valence-electron chi connectivity index (χ4n) is 2.61. The number of H-pyrrole nitrogens is 1. The number of benzene rings is 2. The number of fused-ring (bicyclic) bond motifs is 1. The first-order chi connectivity index (χ1) is 10.8. The fourth-order valence-corrected chi connectivity index (χ4v) is 4.09. The molecule has 1 aromatic heterocycles. The second kappa shape index (κ2) is 5.27. The van der Waals surface area contributed by atoms with Gasteiger partial charge in [-0.25, -0.2) is 13.2 Å². The Morgan fingerprint density at radius 3 is 2.61 bits per heavy atom. The molecule has 23 heavy (non-hydrogen) atoms. The van der Waals surface area contributed by atoms with E-state index in [1.54, 1.807) is 37.3 Å². The molecule has 0 aliphatic carbocycles. The van der Waals surface area contributed by atoms with E-state index >= 15 is 0 Å². The maximum absolute atomic E-state index is 12.7. The molecular weight excluding hydrogens is 314 g/mol. The number of anilines is 1. The predicted molar refractivity (Wildman–Crippen MR) is 90.9 cm³/mol. The molecule has 0 fully saturated rings. The van der Waals surface area contributed by atoms with Gasteiger partial charge in [-0.05, 0) is 37.1 Å². The molecule has 0 saturated carbocycles. The minimum absolute atomic E-state index is 0.245. The SMILES string of the molecule is Cc1cccc(CS(=O)(=O)n2c(=O)[nH]c3cc(N)c(C)cc32)c1. The maximum Gasteiger partial charge on any atom is 0.340 e. The second-order valence-corrected chi connectivity index (χ2v) is 7.48. The molecule has 3 N–H and O–H groups in total. The number of aryl methyl sites for hydroxylation is 2. The molecule has 6 nitrogen and oxygen atoms in total. The molecule has 7 heteroatoms. The van der Waals surface area contributed by atoms with Crippen molar-refractivity contribution in [1.82, 2.24) is 8.96 Å². The lowest BCUT2D eigenvalue weighted by molar-refractivity contribution is 0.586. The number of nitrogens with zero attached hydrogens (tertiary/aromatic N) is 1.